The molecule has 0 aromatic carbocycles. The van der Waals surface area contributed by atoms with Gasteiger partial charge in [-0.15, -0.1) is 0 Å². The fourth-order valence-corrected chi connectivity index (χ4v) is 3.20. The van der Waals surface area contributed by atoms with Crippen molar-refractivity contribution in [2.24, 2.45) is 0 Å². The Bertz CT molecular complexity index is 236. The molecule has 16 heavy (non-hydrogen) atoms. The molecule has 0 amide bonds. The summed E-state index contributed by atoms with van der Waals surface area (Å²) in [4.78, 5) is 16.4. The zero-order valence-electron chi connectivity index (χ0n) is 10.6. The van der Waals surface area contributed by atoms with Crippen molar-refractivity contribution < 1.29 is 4.79 Å². The molecule has 2 unspecified atom stereocenters. The number of fused-ring (bicyclic) bond motifs is 2. The second-order valence-electron chi connectivity index (χ2n) is 5.58. The highest BCUT2D eigenvalue weighted by molar-refractivity contribution is 5.80. The van der Waals surface area contributed by atoms with E-state index in [4.69, 9.17) is 0 Å². The van der Waals surface area contributed by atoms with Crippen LogP contribution in [0.4, 0.5) is 0 Å². The molecule has 92 valence electrons. The van der Waals surface area contributed by atoms with Crippen LogP contribution in [0.15, 0.2) is 0 Å². The number of rotatable bonds is 4. The van der Waals surface area contributed by atoms with Gasteiger partial charge in [0.05, 0.1) is 0 Å². The van der Waals surface area contributed by atoms with Gasteiger partial charge in [0.15, 0.2) is 0 Å². The van der Waals surface area contributed by atoms with Crippen LogP contribution in [0.1, 0.15) is 38.5 Å². The molecule has 0 aliphatic carbocycles. The van der Waals surface area contributed by atoms with E-state index in [2.05, 4.69) is 23.9 Å². The predicted molar refractivity (Wildman–Crippen MR) is 65.5 cm³/mol. The molecule has 0 spiro atoms. The van der Waals surface area contributed by atoms with E-state index in [-0.39, 0.29) is 0 Å². The lowest BCUT2D eigenvalue weighted by molar-refractivity contribution is -0.127. The largest absolute Gasteiger partial charge is 0.309 e. The first-order chi connectivity index (χ1) is 7.66. The Morgan fingerprint density at radius 3 is 2.44 bits per heavy atom. The molecule has 0 saturated carbocycles. The van der Waals surface area contributed by atoms with Crippen LogP contribution in [-0.2, 0) is 4.79 Å². The van der Waals surface area contributed by atoms with E-state index in [1.807, 2.05) is 0 Å². The zero-order chi connectivity index (χ0) is 11.5. The Morgan fingerprint density at radius 2 is 1.88 bits per heavy atom. The minimum atomic E-state index is 0.499. The van der Waals surface area contributed by atoms with Crippen molar-refractivity contribution in [1.82, 2.24) is 9.80 Å². The molecule has 2 saturated heterocycles. The SMILES string of the molecule is CN(C)CCCN1C2CCCC1CC(=O)C2. The number of nitrogens with zero attached hydrogens (tertiary/aromatic N) is 2. The van der Waals surface area contributed by atoms with Crippen molar-refractivity contribution in [3.05, 3.63) is 0 Å². The molecular formula is C13H24N2O. The van der Waals surface area contributed by atoms with Crippen LogP contribution in [0.5, 0.6) is 0 Å². The van der Waals surface area contributed by atoms with E-state index in [1.165, 1.54) is 32.2 Å². The fourth-order valence-electron chi connectivity index (χ4n) is 3.20. The molecule has 3 heteroatoms. The van der Waals surface area contributed by atoms with Crippen molar-refractivity contribution in [1.29, 1.82) is 0 Å². The monoisotopic (exact) mass is 224 g/mol. The van der Waals surface area contributed by atoms with Gasteiger partial charge in [-0.25, -0.2) is 0 Å². The van der Waals surface area contributed by atoms with E-state index in [0.717, 1.165) is 19.4 Å². The number of carbonyl (C=O) groups excluding carboxylic acids is 1. The first-order valence-corrected chi connectivity index (χ1v) is 6.59. The van der Waals surface area contributed by atoms with Gasteiger partial charge in [0.1, 0.15) is 5.78 Å². The average molecular weight is 224 g/mol. The summed E-state index contributed by atoms with van der Waals surface area (Å²) in [5.41, 5.74) is 0. The Hall–Kier alpha value is -0.410. The molecule has 2 heterocycles. The van der Waals surface area contributed by atoms with Crippen molar-refractivity contribution in [3.8, 4) is 0 Å². The van der Waals surface area contributed by atoms with Crippen LogP contribution in [0, 0.1) is 0 Å². The summed E-state index contributed by atoms with van der Waals surface area (Å²) >= 11 is 0. The lowest BCUT2D eigenvalue weighted by atomic mass is 9.83. The quantitative estimate of drug-likeness (QED) is 0.723. The molecule has 2 atom stereocenters. The molecule has 0 aromatic rings. The van der Waals surface area contributed by atoms with Crippen LogP contribution in [0.25, 0.3) is 0 Å². The standard InChI is InChI=1S/C13H24N2O/c1-14(2)7-4-8-15-11-5-3-6-12(15)10-13(16)9-11/h11-12H,3-10H2,1-2H3. The van der Waals surface area contributed by atoms with E-state index in [1.54, 1.807) is 0 Å². The average Bonchev–Trinajstić information content (AvgIpc) is 2.18. The zero-order valence-corrected chi connectivity index (χ0v) is 10.6. The number of Topliss-reactive ketones (excluding diaryl/α,β-unsaturated/α-hetero) is 1. The van der Waals surface area contributed by atoms with Crippen LogP contribution in [-0.4, -0.2) is 54.9 Å². The minimum Gasteiger partial charge on any atom is -0.309 e. The second kappa shape index (κ2) is 5.28. The minimum absolute atomic E-state index is 0.499. The number of hydrogen-bond acceptors (Lipinski definition) is 3. The summed E-state index contributed by atoms with van der Waals surface area (Å²) in [5.74, 6) is 0.499. The summed E-state index contributed by atoms with van der Waals surface area (Å²) in [6.45, 7) is 2.34. The smallest absolute Gasteiger partial charge is 0.136 e. The van der Waals surface area contributed by atoms with Gasteiger partial charge < -0.3 is 4.90 Å². The van der Waals surface area contributed by atoms with Gasteiger partial charge in [0.2, 0.25) is 0 Å². The second-order valence-corrected chi connectivity index (χ2v) is 5.58. The highest BCUT2D eigenvalue weighted by Crippen LogP contribution is 2.32. The summed E-state index contributed by atoms with van der Waals surface area (Å²) in [5, 5.41) is 0. The molecule has 2 rings (SSSR count). The Morgan fingerprint density at radius 1 is 1.25 bits per heavy atom. The first-order valence-electron chi connectivity index (χ1n) is 6.59. The van der Waals surface area contributed by atoms with Crippen LogP contribution < -0.4 is 0 Å². The van der Waals surface area contributed by atoms with Crippen LogP contribution in [0.2, 0.25) is 0 Å². The first kappa shape index (κ1) is 12.1. The third kappa shape index (κ3) is 2.83. The summed E-state index contributed by atoms with van der Waals surface area (Å²) in [6, 6.07) is 1.14. The topological polar surface area (TPSA) is 23.6 Å². The third-order valence-electron chi connectivity index (χ3n) is 3.96. The van der Waals surface area contributed by atoms with E-state index >= 15 is 0 Å². The van der Waals surface area contributed by atoms with E-state index in [0.29, 0.717) is 17.9 Å². The summed E-state index contributed by atoms with van der Waals surface area (Å²) in [6.07, 6.45) is 6.67. The Balaban J connectivity index is 1.86. The highest BCUT2D eigenvalue weighted by Gasteiger charge is 2.36. The molecule has 0 radical (unpaired) electrons. The normalized spacial score (nSPS) is 31.1. The van der Waals surface area contributed by atoms with Crippen LogP contribution in [0.3, 0.4) is 0 Å². The van der Waals surface area contributed by atoms with Crippen LogP contribution >= 0.6 is 0 Å². The van der Waals surface area contributed by atoms with Gasteiger partial charge in [-0.1, -0.05) is 6.42 Å². The van der Waals surface area contributed by atoms with E-state index < -0.39 is 0 Å². The van der Waals surface area contributed by atoms with E-state index in [9.17, 15) is 4.79 Å². The summed E-state index contributed by atoms with van der Waals surface area (Å²) < 4.78 is 0. The van der Waals surface area contributed by atoms with Gasteiger partial charge >= 0.3 is 0 Å². The molecule has 3 nitrogen and oxygen atoms in total. The summed E-state index contributed by atoms with van der Waals surface area (Å²) in [7, 11) is 4.25. The molecule has 2 fully saturated rings. The predicted octanol–water partition coefficient (Wildman–Crippen LogP) is 1.52. The lowest BCUT2D eigenvalue weighted by Gasteiger charge is -2.45. The third-order valence-corrected chi connectivity index (χ3v) is 3.96. The Kier molecular flexibility index (Phi) is 3.98. The molecular weight excluding hydrogens is 200 g/mol. The van der Waals surface area contributed by atoms with Gasteiger partial charge in [-0.3, -0.25) is 9.69 Å². The molecule has 2 aliphatic heterocycles. The maximum Gasteiger partial charge on any atom is 0.136 e. The lowest BCUT2D eigenvalue weighted by Crippen LogP contribution is -2.52. The molecule has 0 aromatic heterocycles. The number of piperidine rings is 2. The maximum absolute atomic E-state index is 11.6. The van der Waals surface area contributed by atoms with Crippen molar-refractivity contribution in [2.45, 2.75) is 50.6 Å². The van der Waals surface area contributed by atoms with Gasteiger partial charge in [0.25, 0.3) is 0 Å². The highest BCUT2D eigenvalue weighted by atomic mass is 16.1. The fraction of sp³-hybridized carbons (Fsp3) is 0.923. The van der Waals surface area contributed by atoms with Gasteiger partial charge in [0, 0.05) is 24.9 Å². The van der Waals surface area contributed by atoms with Gasteiger partial charge in [-0.05, 0) is 46.4 Å². The van der Waals surface area contributed by atoms with Crippen molar-refractivity contribution in [2.75, 3.05) is 27.2 Å². The van der Waals surface area contributed by atoms with Gasteiger partial charge in [-0.2, -0.15) is 0 Å². The number of carbonyl (C=O) groups is 1. The maximum atomic E-state index is 11.6. The molecule has 2 bridgehead atoms. The van der Waals surface area contributed by atoms with Crippen molar-refractivity contribution in [3.63, 3.8) is 0 Å². The van der Waals surface area contributed by atoms with Crippen molar-refractivity contribution >= 4 is 5.78 Å². The number of ketones is 1. The number of hydrogen-bond donors (Lipinski definition) is 0. The molecule has 2 aliphatic rings. The Labute approximate surface area is 98.8 Å². The molecule has 0 N–H and O–H groups in total.